The SMILES string of the molecule is COC[C@H]1CN(c2ccc(OCC[C@@H](C)OC(C)=O)cc2)C(=O)O1. The average molecular weight is 337 g/mol. The van der Waals surface area contributed by atoms with Gasteiger partial charge in [-0.05, 0) is 31.2 Å². The third-order valence-corrected chi connectivity index (χ3v) is 3.54. The molecule has 2 atom stereocenters. The second kappa shape index (κ2) is 8.54. The van der Waals surface area contributed by atoms with E-state index in [1.165, 1.54) is 6.92 Å². The van der Waals surface area contributed by atoms with Crippen LogP contribution in [0.3, 0.4) is 0 Å². The summed E-state index contributed by atoms with van der Waals surface area (Å²) in [5, 5.41) is 0. The van der Waals surface area contributed by atoms with Crippen molar-refractivity contribution < 1.29 is 28.5 Å². The van der Waals surface area contributed by atoms with Crippen molar-refractivity contribution in [3.05, 3.63) is 24.3 Å². The highest BCUT2D eigenvalue weighted by Gasteiger charge is 2.32. The van der Waals surface area contributed by atoms with E-state index in [1.54, 1.807) is 36.3 Å². The summed E-state index contributed by atoms with van der Waals surface area (Å²) in [4.78, 5) is 24.2. The van der Waals surface area contributed by atoms with Gasteiger partial charge in [0.1, 0.15) is 18.0 Å². The fourth-order valence-corrected chi connectivity index (χ4v) is 2.41. The molecule has 7 nitrogen and oxygen atoms in total. The zero-order chi connectivity index (χ0) is 17.5. The Kier molecular flexibility index (Phi) is 6.43. The number of anilines is 1. The van der Waals surface area contributed by atoms with Gasteiger partial charge in [0.15, 0.2) is 0 Å². The Labute approximate surface area is 141 Å². The number of cyclic esters (lactones) is 1. The molecule has 1 aromatic rings. The molecule has 0 aromatic heterocycles. The van der Waals surface area contributed by atoms with Crippen LogP contribution in [-0.2, 0) is 19.0 Å². The number of rotatable bonds is 8. The number of hydrogen-bond donors (Lipinski definition) is 0. The minimum atomic E-state index is -0.374. The minimum absolute atomic E-state index is 0.182. The predicted molar refractivity (Wildman–Crippen MR) is 87.3 cm³/mol. The van der Waals surface area contributed by atoms with Crippen molar-refractivity contribution in [3.8, 4) is 5.75 Å². The van der Waals surface area contributed by atoms with Crippen LogP contribution in [0.5, 0.6) is 5.75 Å². The second-order valence-corrected chi connectivity index (χ2v) is 5.62. The third-order valence-electron chi connectivity index (χ3n) is 3.54. The van der Waals surface area contributed by atoms with Gasteiger partial charge in [-0.15, -0.1) is 0 Å². The molecule has 0 saturated carbocycles. The van der Waals surface area contributed by atoms with Crippen molar-refractivity contribution in [2.24, 2.45) is 0 Å². The Morgan fingerprint density at radius 1 is 1.38 bits per heavy atom. The number of carbonyl (C=O) groups is 2. The first-order valence-corrected chi connectivity index (χ1v) is 7.86. The molecule has 1 aromatic carbocycles. The van der Waals surface area contributed by atoms with Gasteiger partial charge < -0.3 is 18.9 Å². The lowest BCUT2D eigenvalue weighted by atomic mass is 10.2. The molecule has 1 heterocycles. The van der Waals surface area contributed by atoms with E-state index in [4.69, 9.17) is 18.9 Å². The standard InChI is InChI=1S/C17H23NO6/c1-12(23-13(2)19)8-9-22-15-6-4-14(5-7-15)18-10-16(11-21-3)24-17(18)20/h4-7,12,16H,8-11H2,1-3H3/t12-,16-/m1/s1. The molecule has 2 rings (SSSR count). The molecule has 0 N–H and O–H groups in total. The zero-order valence-corrected chi connectivity index (χ0v) is 14.2. The molecule has 1 saturated heterocycles. The second-order valence-electron chi connectivity index (χ2n) is 5.62. The summed E-state index contributed by atoms with van der Waals surface area (Å²) in [5.74, 6) is 0.394. The summed E-state index contributed by atoms with van der Waals surface area (Å²) >= 11 is 0. The van der Waals surface area contributed by atoms with Crippen LogP contribution in [0.4, 0.5) is 10.5 Å². The van der Waals surface area contributed by atoms with Gasteiger partial charge in [0.2, 0.25) is 0 Å². The highest BCUT2D eigenvalue weighted by atomic mass is 16.6. The van der Waals surface area contributed by atoms with E-state index in [-0.39, 0.29) is 24.3 Å². The van der Waals surface area contributed by atoms with Crippen molar-refractivity contribution in [1.82, 2.24) is 0 Å². The monoisotopic (exact) mass is 337 g/mol. The topological polar surface area (TPSA) is 74.3 Å². The van der Waals surface area contributed by atoms with Gasteiger partial charge in [-0.3, -0.25) is 9.69 Å². The van der Waals surface area contributed by atoms with E-state index in [9.17, 15) is 9.59 Å². The normalized spacial score (nSPS) is 18.2. The van der Waals surface area contributed by atoms with Crippen LogP contribution in [0.15, 0.2) is 24.3 Å². The van der Waals surface area contributed by atoms with E-state index in [0.29, 0.717) is 31.9 Å². The fraction of sp³-hybridized carbons (Fsp3) is 0.529. The van der Waals surface area contributed by atoms with Gasteiger partial charge in [0.05, 0.1) is 19.8 Å². The maximum Gasteiger partial charge on any atom is 0.414 e. The van der Waals surface area contributed by atoms with Crippen LogP contribution in [0.1, 0.15) is 20.3 Å². The Morgan fingerprint density at radius 3 is 2.71 bits per heavy atom. The highest BCUT2D eigenvalue weighted by Crippen LogP contribution is 2.24. The number of ether oxygens (including phenoxy) is 4. The maximum atomic E-state index is 11.9. The van der Waals surface area contributed by atoms with Crippen LogP contribution in [0.2, 0.25) is 0 Å². The smallest absolute Gasteiger partial charge is 0.414 e. The third kappa shape index (κ3) is 5.13. The van der Waals surface area contributed by atoms with E-state index >= 15 is 0 Å². The largest absolute Gasteiger partial charge is 0.493 e. The van der Waals surface area contributed by atoms with E-state index in [0.717, 1.165) is 5.69 Å². The van der Waals surface area contributed by atoms with Gasteiger partial charge in [-0.25, -0.2) is 4.79 Å². The first-order valence-electron chi connectivity index (χ1n) is 7.86. The maximum absolute atomic E-state index is 11.9. The molecule has 1 aliphatic rings. The van der Waals surface area contributed by atoms with Crippen molar-refractivity contribution in [2.75, 3.05) is 31.8 Å². The lowest BCUT2D eigenvalue weighted by Gasteiger charge is -2.15. The Morgan fingerprint density at radius 2 is 2.08 bits per heavy atom. The molecule has 0 radical (unpaired) electrons. The lowest BCUT2D eigenvalue weighted by Crippen LogP contribution is -2.25. The number of amides is 1. The number of carbonyl (C=O) groups excluding carboxylic acids is 2. The van der Waals surface area contributed by atoms with Gasteiger partial charge in [0.25, 0.3) is 0 Å². The van der Waals surface area contributed by atoms with E-state index in [1.807, 2.05) is 6.92 Å². The first-order chi connectivity index (χ1) is 11.5. The molecule has 0 aliphatic carbocycles. The molecule has 1 amide bonds. The molecule has 24 heavy (non-hydrogen) atoms. The average Bonchev–Trinajstić information content (AvgIpc) is 2.88. The van der Waals surface area contributed by atoms with Gasteiger partial charge >= 0.3 is 12.1 Å². The van der Waals surface area contributed by atoms with Crippen molar-refractivity contribution in [1.29, 1.82) is 0 Å². The Balaban J connectivity index is 1.82. The molecule has 7 heteroatoms. The van der Waals surface area contributed by atoms with Crippen LogP contribution >= 0.6 is 0 Å². The lowest BCUT2D eigenvalue weighted by molar-refractivity contribution is -0.145. The molecule has 0 unspecified atom stereocenters. The molecule has 1 fully saturated rings. The summed E-state index contributed by atoms with van der Waals surface area (Å²) < 4.78 is 20.9. The van der Waals surface area contributed by atoms with Crippen molar-refractivity contribution in [2.45, 2.75) is 32.5 Å². The molecule has 1 aliphatic heterocycles. The highest BCUT2D eigenvalue weighted by molar-refractivity contribution is 5.89. The van der Waals surface area contributed by atoms with Crippen LogP contribution in [-0.4, -0.2) is 51.1 Å². The van der Waals surface area contributed by atoms with Crippen LogP contribution in [0, 0.1) is 0 Å². The molecule has 132 valence electrons. The van der Waals surface area contributed by atoms with Crippen LogP contribution < -0.4 is 9.64 Å². The quantitative estimate of drug-likeness (QED) is 0.678. The number of esters is 1. The van der Waals surface area contributed by atoms with Crippen molar-refractivity contribution >= 4 is 17.7 Å². The summed E-state index contributed by atoms with van der Waals surface area (Å²) in [7, 11) is 1.57. The Bertz CT molecular complexity index is 559. The summed E-state index contributed by atoms with van der Waals surface area (Å²) in [6.45, 7) is 4.49. The van der Waals surface area contributed by atoms with Gasteiger partial charge in [-0.2, -0.15) is 0 Å². The first kappa shape index (κ1) is 18.1. The molecule has 0 bridgehead atoms. The number of methoxy groups -OCH3 is 1. The summed E-state index contributed by atoms with van der Waals surface area (Å²) in [6.07, 6.45) is -0.195. The van der Waals surface area contributed by atoms with Crippen LogP contribution in [0.25, 0.3) is 0 Å². The molecular formula is C17H23NO6. The minimum Gasteiger partial charge on any atom is -0.493 e. The van der Waals surface area contributed by atoms with Crippen molar-refractivity contribution in [3.63, 3.8) is 0 Å². The zero-order valence-electron chi connectivity index (χ0n) is 14.2. The number of hydrogen-bond acceptors (Lipinski definition) is 6. The summed E-state index contributed by atoms with van der Waals surface area (Å²) in [6, 6.07) is 7.20. The fourth-order valence-electron chi connectivity index (χ4n) is 2.41. The molecule has 0 spiro atoms. The van der Waals surface area contributed by atoms with E-state index < -0.39 is 0 Å². The number of nitrogens with zero attached hydrogens (tertiary/aromatic N) is 1. The predicted octanol–water partition coefficient (Wildman–Crippen LogP) is 2.38. The molecular weight excluding hydrogens is 314 g/mol. The van der Waals surface area contributed by atoms with E-state index in [2.05, 4.69) is 0 Å². The van der Waals surface area contributed by atoms with Gasteiger partial charge in [0, 0.05) is 26.1 Å². The Hall–Kier alpha value is -2.28. The summed E-state index contributed by atoms with van der Waals surface area (Å²) in [5.41, 5.74) is 0.749. The van der Waals surface area contributed by atoms with Gasteiger partial charge in [-0.1, -0.05) is 0 Å². The number of benzene rings is 1.